The minimum absolute atomic E-state index is 0.0950. The van der Waals surface area contributed by atoms with E-state index in [9.17, 15) is 0 Å². The number of allylic oxidation sites excluding steroid dienone is 1. The van der Waals surface area contributed by atoms with E-state index in [4.69, 9.17) is 21.1 Å². The highest BCUT2D eigenvalue weighted by Crippen LogP contribution is 2.56. The second-order valence-electron chi connectivity index (χ2n) is 5.38. The van der Waals surface area contributed by atoms with Gasteiger partial charge in [0.1, 0.15) is 6.10 Å². The zero-order valence-electron chi connectivity index (χ0n) is 11.2. The number of para-hydroxylation sites is 1. The second-order valence-corrected chi connectivity index (χ2v) is 5.90. The molecule has 1 aliphatic heterocycles. The molecular weight excluding hydrogens is 260 g/mol. The van der Waals surface area contributed by atoms with Crippen LogP contribution in [0.15, 0.2) is 30.9 Å². The van der Waals surface area contributed by atoms with Crippen molar-refractivity contribution in [2.75, 3.05) is 7.11 Å². The Morgan fingerprint density at radius 3 is 3.11 bits per heavy atom. The molecule has 19 heavy (non-hydrogen) atoms. The van der Waals surface area contributed by atoms with Crippen molar-refractivity contribution in [3.63, 3.8) is 0 Å². The van der Waals surface area contributed by atoms with Crippen LogP contribution in [-0.4, -0.2) is 18.6 Å². The molecule has 1 aliphatic carbocycles. The summed E-state index contributed by atoms with van der Waals surface area (Å²) in [6.07, 6.45) is 6.17. The van der Waals surface area contributed by atoms with Crippen LogP contribution >= 0.6 is 11.6 Å². The van der Waals surface area contributed by atoms with Crippen LogP contribution in [0.3, 0.4) is 0 Å². The summed E-state index contributed by atoms with van der Waals surface area (Å²) in [5.74, 6) is 1.68. The molecule has 1 saturated carbocycles. The van der Waals surface area contributed by atoms with E-state index in [1.54, 1.807) is 7.11 Å². The highest BCUT2D eigenvalue weighted by molar-refractivity contribution is 6.21. The number of hydrogen-bond donors (Lipinski definition) is 0. The normalized spacial score (nSPS) is 32.1. The maximum atomic E-state index is 6.71. The van der Waals surface area contributed by atoms with Crippen LogP contribution in [0.4, 0.5) is 0 Å². The predicted octanol–water partition coefficient (Wildman–Crippen LogP) is 4.06. The van der Waals surface area contributed by atoms with E-state index in [2.05, 4.69) is 12.6 Å². The maximum absolute atomic E-state index is 6.71. The van der Waals surface area contributed by atoms with Gasteiger partial charge in [0.25, 0.3) is 0 Å². The molecule has 0 N–H and O–H groups in total. The summed E-state index contributed by atoms with van der Waals surface area (Å²) < 4.78 is 11.6. The van der Waals surface area contributed by atoms with Gasteiger partial charge in [-0.25, -0.2) is 0 Å². The monoisotopic (exact) mass is 278 g/mol. The van der Waals surface area contributed by atoms with E-state index < -0.39 is 0 Å². The zero-order valence-corrected chi connectivity index (χ0v) is 12.0. The van der Waals surface area contributed by atoms with Crippen LogP contribution in [0, 0.1) is 0 Å². The minimum Gasteiger partial charge on any atom is -0.493 e. The van der Waals surface area contributed by atoms with Crippen molar-refractivity contribution >= 4 is 11.6 Å². The van der Waals surface area contributed by atoms with Gasteiger partial charge in [-0.1, -0.05) is 18.2 Å². The van der Waals surface area contributed by atoms with Gasteiger partial charge in [0.05, 0.1) is 12.5 Å². The number of benzene rings is 1. The molecule has 2 aliphatic rings. The molecule has 1 unspecified atom stereocenters. The smallest absolute Gasteiger partial charge is 0.165 e. The molecule has 1 fully saturated rings. The molecule has 0 bridgehead atoms. The Morgan fingerprint density at radius 2 is 2.37 bits per heavy atom. The van der Waals surface area contributed by atoms with Crippen LogP contribution < -0.4 is 9.47 Å². The highest BCUT2D eigenvalue weighted by Gasteiger charge is 2.55. The second kappa shape index (κ2) is 4.75. The van der Waals surface area contributed by atoms with E-state index >= 15 is 0 Å². The third kappa shape index (κ3) is 1.69. The van der Waals surface area contributed by atoms with E-state index in [1.165, 1.54) is 5.56 Å². The van der Waals surface area contributed by atoms with Crippen LogP contribution in [0.1, 0.15) is 31.2 Å². The molecule has 0 spiro atoms. The van der Waals surface area contributed by atoms with Gasteiger partial charge in [0.2, 0.25) is 0 Å². The lowest BCUT2D eigenvalue weighted by Crippen LogP contribution is -2.48. The Morgan fingerprint density at radius 1 is 1.53 bits per heavy atom. The van der Waals surface area contributed by atoms with Gasteiger partial charge in [0, 0.05) is 10.9 Å². The number of rotatable bonds is 3. The van der Waals surface area contributed by atoms with E-state index in [1.807, 2.05) is 18.2 Å². The number of halogens is 1. The summed E-state index contributed by atoms with van der Waals surface area (Å²) in [5.41, 5.74) is 1.06. The standard InChI is InChI=1S/C16H19ClO2/c1-3-10-16-11-6-4-7-12(18-2)15(11)19-14(16)9-5-8-13(16)17/h3-4,6-7,13-14H,1,5,8-10H2,2H3/t13?,14-,16+/m0/s1. The number of alkyl halides is 1. The van der Waals surface area contributed by atoms with E-state index in [-0.39, 0.29) is 16.9 Å². The van der Waals surface area contributed by atoms with Crippen LogP contribution in [0.2, 0.25) is 0 Å². The molecule has 1 aromatic rings. The molecule has 0 aromatic heterocycles. The molecule has 102 valence electrons. The molecule has 1 aromatic carbocycles. The van der Waals surface area contributed by atoms with Crippen LogP contribution in [-0.2, 0) is 5.41 Å². The molecule has 0 amide bonds. The van der Waals surface area contributed by atoms with Crippen molar-refractivity contribution in [1.29, 1.82) is 0 Å². The Hall–Kier alpha value is -1.15. The van der Waals surface area contributed by atoms with Crippen molar-refractivity contribution in [2.24, 2.45) is 0 Å². The van der Waals surface area contributed by atoms with Crippen molar-refractivity contribution in [3.8, 4) is 11.5 Å². The Balaban J connectivity index is 2.17. The fourth-order valence-corrected chi connectivity index (χ4v) is 4.12. The molecule has 3 heteroatoms. The number of methoxy groups -OCH3 is 1. The van der Waals surface area contributed by atoms with Gasteiger partial charge in [-0.2, -0.15) is 0 Å². The van der Waals surface area contributed by atoms with Crippen LogP contribution in [0.25, 0.3) is 0 Å². The fraction of sp³-hybridized carbons (Fsp3) is 0.500. The van der Waals surface area contributed by atoms with Gasteiger partial charge in [-0.15, -0.1) is 18.2 Å². The first-order valence-corrected chi connectivity index (χ1v) is 7.26. The lowest BCUT2D eigenvalue weighted by molar-refractivity contribution is 0.102. The third-order valence-electron chi connectivity index (χ3n) is 4.50. The number of hydrogen-bond acceptors (Lipinski definition) is 2. The highest BCUT2D eigenvalue weighted by atomic mass is 35.5. The first-order valence-electron chi connectivity index (χ1n) is 6.83. The Bertz CT molecular complexity index is 500. The molecule has 3 rings (SSSR count). The first-order chi connectivity index (χ1) is 9.24. The van der Waals surface area contributed by atoms with Gasteiger partial charge >= 0.3 is 0 Å². The Labute approximate surface area is 119 Å². The van der Waals surface area contributed by atoms with Crippen molar-refractivity contribution in [1.82, 2.24) is 0 Å². The lowest BCUT2D eigenvalue weighted by Gasteiger charge is -2.41. The summed E-state index contributed by atoms with van der Waals surface area (Å²) in [5, 5.41) is 0.0950. The molecule has 1 heterocycles. The van der Waals surface area contributed by atoms with Crippen molar-refractivity contribution in [2.45, 2.75) is 42.6 Å². The Kier molecular flexibility index (Phi) is 3.22. The number of fused-ring (bicyclic) bond motifs is 3. The lowest BCUT2D eigenvalue weighted by atomic mass is 9.66. The predicted molar refractivity (Wildman–Crippen MR) is 77.4 cm³/mol. The van der Waals surface area contributed by atoms with Crippen molar-refractivity contribution < 1.29 is 9.47 Å². The van der Waals surface area contributed by atoms with Crippen LogP contribution in [0.5, 0.6) is 11.5 Å². The summed E-state index contributed by atoms with van der Waals surface area (Å²) in [4.78, 5) is 0. The van der Waals surface area contributed by atoms with Gasteiger partial charge in [-0.05, 0) is 31.7 Å². The summed E-state index contributed by atoms with van der Waals surface area (Å²) in [6, 6.07) is 6.09. The van der Waals surface area contributed by atoms with Gasteiger partial charge in [0.15, 0.2) is 11.5 Å². The number of ether oxygens (including phenoxy) is 2. The maximum Gasteiger partial charge on any atom is 0.165 e. The van der Waals surface area contributed by atoms with E-state index in [0.29, 0.717) is 0 Å². The summed E-state index contributed by atoms with van der Waals surface area (Å²) in [6.45, 7) is 3.91. The first kappa shape index (κ1) is 12.9. The molecule has 2 nitrogen and oxygen atoms in total. The molecule has 3 atom stereocenters. The van der Waals surface area contributed by atoms with E-state index in [0.717, 1.165) is 37.2 Å². The topological polar surface area (TPSA) is 18.5 Å². The molecular formula is C16H19ClO2. The SMILES string of the molecule is C=CC[C@]12c3cccc(OC)c3O[C@H]1CCCC2Cl. The average Bonchev–Trinajstić information content (AvgIpc) is 2.75. The molecule has 0 saturated heterocycles. The zero-order chi connectivity index (χ0) is 13.5. The third-order valence-corrected chi connectivity index (χ3v) is 5.11. The van der Waals surface area contributed by atoms with Gasteiger partial charge < -0.3 is 9.47 Å². The molecule has 0 radical (unpaired) electrons. The quantitative estimate of drug-likeness (QED) is 0.613. The fourth-order valence-electron chi connectivity index (χ4n) is 3.62. The average molecular weight is 279 g/mol. The van der Waals surface area contributed by atoms with Crippen molar-refractivity contribution in [3.05, 3.63) is 36.4 Å². The van der Waals surface area contributed by atoms with Gasteiger partial charge in [-0.3, -0.25) is 0 Å². The summed E-state index contributed by atoms with van der Waals surface area (Å²) in [7, 11) is 1.68. The largest absolute Gasteiger partial charge is 0.493 e. The summed E-state index contributed by atoms with van der Waals surface area (Å²) >= 11 is 6.71. The minimum atomic E-state index is -0.134.